The highest BCUT2D eigenvalue weighted by molar-refractivity contribution is 7.89. The molecule has 1 aliphatic rings. The van der Waals surface area contributed by atoms with E-state index in [2.05, 4.69) is 4.72 Å². The summed E-state index contributed by atoms with van der Waals surface area (Å²) in [6.07, 6.45) is 0. The zero-order valence-electron chi connectivity index (χ0n) is 13.9. The number of benzene rings is 2. The lowest BCUT2D eigenvalue weighted by atomic mass is 10.1. The molecular formula is C18H22FN2O3S+. The molecule has 1 fully saturated rings. The molecule has 0 aromatic heterocycles. The number of nitrogens with one attached hydrogen (secondary N) is 2. The Morgan fingerprint density at radius 2 is 1.64 bits per heavy atom. The molecule has 5 nitrogen and oxygen atoms in total. The maximum Gasteiger partial charge on any atom is 0.243 e. The van der Waals surface area contributed by atoms with E-state index in [1.165, 1.54) is 23.1 Å². The fourth-order valence-corrected chi connectivity index (χ4v) is 4.01. The van der Waals surface area contributed by atoms with Crippen molar-refractivity contribution in [3.8, 4) is 0 Å². The van der Waals surface area contributed by atoms with Crippen LogP contribution >= 0.6 is 0 Å². The van der Waals surface area contributed by atoms with Gasteiger partial charge < -0.3 is 9.64 Å². The normalized spacial score (nSPS) is 16.0. The number of quaternary nitrogens is 1. The van der Waals surface area contributed by atoms with Gasteiger partial charge in [0.05, 0.1) is 13.2 Å². The van der Waals surface area contributed by atoms with Crippen LogP contribution in [0, 0.1) is 5.82 Å². The van der Waals surface area contributed by atoms with E-state index in [0.717, 1.165) is 50.0 Å². The van der Waals surface area contributed by atoms with Crippen molar-refractivity contribution >= 4 is 10.0 Å². The molecular weight excluding hydrogens is 343 g/mol. The van der Waals surface area contributed by atoms with Crippen molar-refractivity contribution < 1.29 is 22.4 Å². The van der Waals surface area contributed by atoms with Gasteiger partial charge >= 0.3 is 0 Å². The lowest BCUT2D eigenvalue weighted by Crippen LogP contribution is -3.12. The summed E-state index contributed by atoms with van der Waals surface area (Å²) in [5.41, 5.74) is 2.00. The van der Waals surface area contributed by atoms with Gasteiger partial charge in [0.15, 0.2) is 0 Å². The Labute approximate surface area is 147 Å². The maximum atomic E-state index is 13.8. The van der Waals surface area contributed by atoms with Crippen molar-refractivity contribution in [2.45, 2.75) is 18.0 Å². The van der Waals surface area contributed by atoms with Gasteiger partial charge in [0.1, 0.15) is 30.3 Å². The molecule has 0 aliphatic carbocycles. The van der Waals surface area contributed by atoms with Crippen LogP contribution in [-0.4, -0.2) is 34.7 Å². The SMILES string of the molecule is O=S(=O)(NCc1ccccc1C[NH+]1CCOCC1)c1ccccc1F. The third-order valence-electron chi connectivity index (χ3n) is 4.34. The third kappa shape index (κ3) is 4.64. The zero-order valence-corrected chi connectivity index (χ0v) is 14.7. The zero-order chi connectivity index (χ0) is 17.7. The van der Waals surface area contributed by atoms with Gasteiger partial charge in [-0.15, -0.1) is 0 Å². The monoisotopic (exact) mass is 365 g/mol. The van der Waals surface area contributed by atoms with Gasteiger partial charge in [-0.1, -0.05) is 36.4 Å². The van der Waals surface area contributed by atoms with Crippen LogP contribution in [0.4, 0.5) is 4.39 Å². The minimum atomic E-state index is -3.89. The van der Waals surface area contributed by atoms with Crippen LogP contribution in [0.25, 0.3) is 0 Å². The fraction of sp³-hybridized carbons (Fsp3) is 0.333. The first-order valence-corrected chi connectivity index (χ1v) is 9.77. The van der Waals surface area contributed by atoms with Gasteiger partial charge in [-0.3, -0.25) is 0 Å². The minimum Gasteiger partial charge on any atom is -0.370 e. The first kappa shape index (κ1) is 18.0. The number of hydrogen-bond donors (Lipinski definition) is 2. The summed E-state index contributed by atoms with van der Waals surface area (Å²) in [4.78, 5) is 1.09. The van der Waals surface area contributed by atoms with Gasteiger partial charge in [0.25, 0.3) is 0 Å². The number of ether oxygens (including phenoxy) is 1. The summed E-state index contributed by atoms with van der Waals surface area (Å²) in [5, 5.41) is 0. The van der Waals surface area contributed by atoms with Gasteiger partial charge in [-0.05, 0) is 17.7 Å². The van der Waals surface area contributed by atoms with Gasteiger partial charge in [-0.2, -0.15) is 0 Å². The molecule has 25 heavy (non-hydrogen) atoms. The number of sulfonamides is 1. The van der Waals surface area contributed by atoms with E-state index in [4.69, 9.17) is 4.74 Å². The molecule has 7 heteroatoms. The van der Waals surface area contributed by atoms with Crippen LogP contribution in [0.15, 0.2) is 53.4 Å². The molecule has 0 radical (unpaired) electrons. The largest absolute Gasteiger partial charge is 0.370 e. The van der Waals surface area contributed by atoms with E-state index in [9.17, 15) is 12.8 Å². The van der Waals surface area contributed by atoms with E-state index in [1.54, 1.807) is 0 Å². The lowest BCUT2D eigenvalue weighted by molar-refractivity contribution is -0.921. The van der Waals surface area contributed by atoms with E-state index < -0.39 is 15.8 Å². The highest BCUT2D eigenvalue weighted by Gasteiger charge is 2.20. The van der Waals surface area contributed by atoms with Crippen LogP contribution < -0.4 is 9.62 Å². The molecule has 0 spiro atoms. The van der Waals surface area contributed by atoms with Crippen LogP contribution in [0.2, 0.25) is 0 Å². The fourth-order valence-electron chi connectivity index (χ4n) is 2.92. The average molecular weight is 365 g/mol. The first-order valence-electron chi connectivity index (χ1n) is 8.28. The minimum absolute atomic E-state index is 0.136. The van der Waals surface area contributed by atoms with Crippen molar-refractivity contribution in [2.75, 3.05) is 26.3 Å². The van der Waals surface area contributed by atoms with Gasteiger partial charge in [0, 0.05) is 12.1 Å². The average Bonchev–Trinajstić information content (AvgIpc) is 2.62. The molecule has 134 valence electrons. The summed E-state index contributed by atoms with van der Waals surface area (Å²) < 4.78 is 46.4. The Hall–Kier alpha value is -1.80. The Bertz CT molecular complexity index is 821. The van der Waals surface area contributed by atoms with E-state index in [0.29, 0.717) is 0 Å². The van der Waals surface area contributed by atoms with Crippen molar-refractivity contribution in [3.63, 3.8) is 0 Å². The summed E-state index contributed by atoms with van der Waals surface area (Å²) in [5.74, 6) is -0.749. The van der Waals surface area contributed by atoms with Crippen LogP contribution in [-0.2, 0) is 27.8 Å². The molecule has 0 saturated carbocycles. The van der Waals surface area contributed by atoms with Crippen molar-refractivity contribution in [3.05, 3.63) is 65.5 Å². The Morgan fingerprint density at radius 1 is 1.00 bits per heavy atom. The van der Waals surface area contributed by atoms with E-state index >= 15 is 0 Å². The Morgan fingerprint density at radius 3 is 2.36 bits per heavy atom. The smallest absolute Gasteiger partial charge is 0.243 e. The molecule has 2 aromatic rings. The molecule has 0 amide bonds. The molecule has 1 saturated heterocycles. The summed E-state index contributed by atoms with van der Waals surface area (Å²) in [6, 6.07) is 13.1. The van der Waals surface area contributed by atoms with Crippen molar-refractivity contribution in [2.24, 2.45) is 0 Å². The highest BCUT2D eigenvalue weighted by Crippen LogP contribution is 2.15. The van der Waals surface area contributed by atoms with Crippen LogP contribution in [0.3, 0.4) is 0 Å². The summed E-state index contributed by atoms with van der Waals surface area (Å²) >= 11 is 0. The number of halogens is 1. The Kier molecular flexibility index (Phi) is 5.80. The second kappa shape index (κ2) is 8.05. The number of rotatable bonds is 6. The van der Waals surface area contributed by atoms with Crippen molar-refractivity contribution in [1.82, 2.24) is 4.72 Å². The van der Waals surface area contributed by atoms with Gasteiger partial charge in [0.2, 0.25) is 10.0 Å². The van der Waals surface area contributed by atoms with Crippen LogP contribution in [0.1, 0.15) is 11.1 Å². The molecule has 0 atom stereocenters. The number of morpholine rings is 1. The molecule has 1 aliphatic heterocycles. The molecule has 0 bridgehead atoms. The summed E-state index contributed by atoms with van der Waals surface area (Å²) in [6.45, 7) is 4.33. The predicted octanol–water partition coefficient (Wildman–Crippen LogP) is 0.719. The molecule has 1 heterocycles. The summed E-state index contributed by atoms with van der Waals surface area (Å²) in [7, 11) is -3.89. The second-order valence-corrected chi connectivity index (χ2v) is 7.80. The predicted molar refractivity (Wildman–Crippen MR) is 92.1 cm³/mol. The van der Waals surface area contributed by atoms with E-state index in [-0.39, 0.29) is 11.4 Å². The lowest BCUT2D eigenvalue weighted by Gasteiger charge is -2.24. The number of hydrogen-bond acceptors (Lipinski definition) is 3. The second-order valence-electron chi connectivity index (χ2n) is 6.06. The van der Waals surface area contributed by atoms with Crippen LogP contribution in [0.5, 0.6) is 0 Å². The third-order valence-corrected chi connectivity index (χ3v) is 5.77. The molecule has 2 aromatic carbocycles. The first-order chi connectivity index (χ1) is 12.1. The highest BCUT2D eigenvalue weighted by atomic mass is 32.2. The molecule has 3 rings (SSSR count). The van der Waals surface area contributed by atoms with Gasteiger partial charge in [-0.25, -0.2) is 17.5 Å². The Balaban J connectivity index is 1.72. The topological polar surface area (TPSA) is 59.8 Å². The standard InChI is InChI=1S/C18H21FN2O3S/c19-17-7-3-4-8-18(17)25(22,23)20-13-15-5-1-2-6-16(15)14-21-9-11-24-12-10-21/h1-8,20H,9-14H2/p+1. The van der Waals surface area contributed by atoms with Crippen molar-refractivity contribution in [1.29, 1.82) is 0 Å². The molecule has 2 N–H and O–H groups in total. The quantitative estimate of drug-likeness (QED) is 0.793. The van der Waals surface area contributed by atoms with E-state index in [1.807, 2.05) is 24.3 Å². The molecule has 0 unspecified atom stereocenters. The maximum absolute atomic E-state index is 13.8.